The van der Waals surface area contributed by atoms with Gasteiger partial charge in [-0.2, -0.15) is 0 Å². The van der Waals surface area contributed by atoms with Crippen molar-refractivity contribution in [3.05, 3.63) is 22.2 Å². The third kappa shape index (κ3) is 4.69. The van der Waals surface area contributed by atoms with Crippen LogP contribution in [0.5, 0.6) is 11.5 Å². The molecule has 1 aromatic rings. The van der Waals surface area contributed by atoms with Crippen molar-refractivity contribution in [3.63, 3.8) is 0 Å². The monoisotopic (exact) mass is 329 g/mol. The average molecular weight is 330 g/mol. The Kier molecular flexibility index (Phi) is 6.14. The molecule has 0 heterocycles. The van der Waals surface area contributed by atoms with E-state index in [2.05, 4.69) is 29.8 Å². The van der Waals surface area contributed by atoms with Crippen LogP contribution in [0.3, 0.4) is 0 Å². The van der Waals surface area contributed by atoms with Gasteiger partial charge in [-0.25, -0.2) is 0 Å². The molecule has 0 amide bonds. The molecule has 3 nitrogen and oxygen atoms in total. The van der Waals surface area contributed by atoms with Crippen LogP contribution in [-0.2, 0) is 6.42 Å². The van der Waals surface area contributed by atoms with Gasteiger partial charge >= 0.3 is 0 Å². The van der Waals surface area contributed by atoms with Gasteiger partial charge in [0.1, 0.15) is 0 Å². The number of aryl methyl sites for hydroxylation is 1. The Morgan fingerprint density at radius 1 is 1.11 bits per heavy atom. The smallest absolute Gasteiger partial charge is 0.161 e. The Balaban J connectivity index is 2.84. The van der Waals surface area contributed by atoms with Gasteiger partial charge < -0.3 is 15.2 Å². The van der Waals surface area contributed by atoms with Gasteiger partial charge in [-0.05, 0) is 48.9 Å². The van der Waals surface area contributed by atoms with Crippen molar-refractivity contribution in [1.82, 2.24) is 0 Å². The first-order valence-electron chi connectivity index (χ1n) is 6.54. The minimum absolute atomic E-state index is 0.265. The molecule has 0 bridgehead atoms. The Morgan fingerprint density at radius 2 is 1.68 bits per heavy atom. The normalized spacial score (nSPS) is 11.5. The SMILES string of the molecule is COc1cc(Br)c(CCC(C)(C)CCN)cc1OC. The van der Waals surface area contributed by atoms with Crippen molar-refractivity contribution in [3.8, 4) is 11.5 Å². The zero-order chi connectivity index (χ0) is 14.5. The largest absolute Gasteiger partial charge is 0.493 e. The quantitative estimate of drug-likeness (QED) is 0.828. The summed E-state index contributed by atoms with van der Waals surface area (Å²) in [5.74, 6) is 1.52. The van der Waals surface area contributed by atoms with Crippen molar-refractivity contribution in [2.75, 3.05) is 20.8 Å². The summed E-state index contributed by atoms with van der Waals surface area (Å²) in [6.45, 7) is 5.25. The first-order chi connectivity index (χ1) is 8.93. The van der Waals surface area contributed by atoms with E-state index < -0.39 is 0 Å². The van der Waals surface area contributed by atoms with Crippen molar-refractivity contribution in [1.29, 1.82) is 0 Å². The lowest BCUT2D eigenvalue weighted by atomic mass is 9.83. The third-order valence-electron chi connectivity index (χ3n) is 3.44. The lowest BCUT2D eigenvalue weighted by Gasteiger charge is -2.24. The van der Waals surface area contributed by atoms with E-state index in [-0.39, 0.29) is 5.41 Å². The molecule has 0 fully saturated rings. The predicted octanol–water partition coefficient (Wildman–Crippen LogP) is 3.77. The molecular formula is C15H24BrNO2. The molecule has 0 aliphatic rings. The molecule has 0 radical (unpaired) electrons. The molecule has 0 aliphatic heterocycles. The van der Waals surface area contributed by atoms with Gasteiger partial charge in [0.05, 0.1) is 14.2 Å². The van der Waals surface area contributed by atoms with E-state index in [0.717, 1.165) is 41.8 Å². The van der Waals surface area contributed by atoms with E-state index in [9.17, 15) is 0 Å². The molecular weight excluding hydrogens is 306 g/mol. The highest BCUT2D eigenvalue weighted by Gasteiger charge is 2.18. The first kappa shape index (κ1) is 16.3. The zero-order valence-electron chi connectivity index (χ0n) is 12.3. The van der Waals surface area contributed by atoms with Crippen LogP contribution < -0.4 is 15.2 Å². The van der Waals surface area contributed by atoms with E-state index in [1.54, 1.807) is 14.2 Å². The van der Waals surface area contributed by atoms with E-state index >= 15 is 0 Å². The number of hydrogen-bond acceptors (Lipinski definition) is 3. The van der Waals surface area contributed by atoms with Gasteiger partial charge in [0, 0.05) is 4.47 Å². The zero-order valence-corrected chi connectivity index (χ0v) is 13.8. The van der Waals surface area contributed by atoms with Crippen molar-refractivity contribution < 1.29 is 9.47 Å². The Bertz CT molecular complexity index is 419. The average Bonchev–Trinajstić information content (AvgIpc) is 2.36. The fraction of sp³-hybridized carbons (Fsp3) is 0.600. The minimum atomic E-state index is 0.265. The topological polar surface area (TPSA) is 44.5 Å². The standard InChI is InChI=1S/C15H24BrNO2/c1-15(2,7-8-17)6-5-11-9-13(18-3)14(19-4)10-12(11)16/h9-10H,5-8,17H2,1-4H3. The Labute approximate surface area is 124 Å². The van der Waals surface area contributed by atoms with E-state index in [1.807, 2.05) is 12.1 Å². The summed E-state index contributed by atoms with van der Waals surface area (Å²) in [6.07, 6.45) is 3.13. The lowest BCUT2D eigenvalue weighted by Crippen LogP contribution is -2.17. The molecule has 0 unspecified atom stereocenters. The second kappa shape index (κ2) is 7.15. The molecule has 1 aromatic carbocycles. The fourth-order valence-corrected chi connectivity index (χ4v) is 2.60. The van der Waals surface area contributed by atoms with Crippen LogP contribution in [-0.4, -0.2) is 20.8 Å². The van der Waals surface area contributed by atoms with Crippen LogP contribution in [0, 0.1) is 5.41 Å². The number of rotatable bonds is 7. The van der Waals surface area contributed by atoms with Crippen molar-refractivity contribution in [2.24, 2.45) is 11.1 Å². The highest BCUT2D eigenvalue weighted by molar-refractivity contribution is 9.10. The molecule has 0 atom stereocenters. The van der Waals surface area contributed by atoms with Crippen LogP contribution in [0.25, 0.3) is 0 Å². The van der Waals surface area contributed by atoms with Crippen LogP contribution in [0.4, 0.5) is 0 Å². The summed E-state index contributed by atoms with van der Waals surface area (Å²) in [6, 6.07) is 4.01. The van der Waals surface area contributed by atoms with E-state index in [0.29, 0.717) is 0 Å². The van der Waals surface area contributed by atoms with Gasteiger partial charge in [0.15, 0.2) is 11.5 Å². The number of halogens is 1. The maximum Gasteiger partial charge on any atom is 0.161 e. The molecule has 19 heavy (non-hydrogen) atoms. The molecule has 2 N–H and O–H groups in total. The lowest BCUT2D eigenvalue weighted by molar-refractivity contribution is 0.312. The van der Waals surface area contributed by atoms with E-state index in [1.165, 1.54) is 5.56 Å². The second-order valence-corrected chi connectivity index (χ2v) is 6.36. The van der Waals surface area contributed by atoms with Crippen LogP contribution in [0.1, 0.15) is 32.3 Å². The maximum absolute atomic E-state index is 5.65. The van der Waals surface area contributed by atoms with E-state index in [4.69, 9.17) is 15.2 Å². The van der Waals surface area contributed by atoms with Gasteiger partial charge in [0.25, 0.3) is 0 Å². The van der Waals surface area contributed by atoms with Gasteiger partial charge in [-0.1, -0.05) is 29.8 Å². The summed E-state index contributed by atoms with van der Waals surface area (Å²) < 4.78 is 11.7. The Hall–Kier alpha value is -0.740. The second-order valence-electron chi connectivity index (χ2n) is 5.50. The molecule has 0 aromatic heterocycles. The molecule has 0 saturated heterocycles. The number of nitrogens with two attached hydrogens (primary N) is 1. The van der Waals surface area contributed by atoms with Gasteiger partial charge in [0.2, 0.25) is 0 Å². The number of benzene rings is 1. The molecule has 0 aliphatic carbocycles. The van der Waals surface area contributed by atoms with Crippen molar-refractivity contribution >= 4 is 15.9 Å². The van der Waals surface area contributed by atoms with Crippen LogP contribution >= 0.6 is 15.9 Å². The predicted molar refractivity (Wildman–Crippen MR) is 83.0 cm³/mol. The summed E-state index contributed by atoms with van der Waals surface area (Å²) in [5, 5.41) is 0. The summed E-state index contributed by atoms with van der Waals surface area (Å²) >= 11 is 3.60. The number of ether oxygens (including phenoxy) is 2. The summed E-state index contributed by atoms with van der Waals surface area (Å²) in [4.78, 5) is 0. The Morgan fingerprint density at radius 3 is 2.21 bits per heavy atom. The third-order valence-corrected chi connectivity index (χ3v) is 4.18. The molecule has 0 saturated carbocycles. The van der Waals surface area contributed by atoms with Gasteiger partial charge in [-0.15, -0.1) is 0 Å². The van der Waals surface area contributed by atoms with Crippen molar-refractivity contribution in [2.45, 2.75) is 33.1 Å². The minimum Gasteiger partial charge on any atom is -0.493 e. The van der Waals surface area contributed by atoms with Crippen LogP contribution in [0.2, 0.25) is 0 Å². The number of hydrogen-bond donors (Lipinski definition) is 1. The fourth-order valence-electron chi connectivity index (χ4n) is 2.08. The highest BCUT2D eigenvalue weighted by atomic mass is 79.9. The van der Waals surface area contributed by atoms with Crippen LogP contribution in [0.15, 0.2) is 16.6 Å². The molecule has 4 heteroatoms. The molecule has 1 rings (SSSR count). The molecule has 0 spiro atoms. The molecule has 108 valence electrons. The number of methoxy groups -OCH3 is 2. The summed E-state index contributed by atoms with van der Waals surface area (Å²) in [5.41, 5.74) is 7.16. The van der Waals surface area contributed by atoms with Gasteiger partial charge in [-0.3, -0.25) is 0 Å². The first-order valence-corrected chi connectivity index (χ1v) is 7.33. The maximum atomic E-state index is 5.65. The summed E-state index contributed by atoms with van der Waals surface area (Å²) in [7, 11) is 3.31. The highest BCUT2D eigenvalue weighted by Crippen LogP contribution is 2.35.